The van der Waals surface area contributed by atoms with Crippen LogP contribution in [0.25, 0.3) is 0 Å². The summed E-state index contributed by atoms with van der Waals surface area (Å²) in [7, 11) is 3.44. The molecule has 7 heteroatoms. The molecule has 1 heterocycles. The van der Waals surface area contributed by atoms with Crippen molar-refractivity contribution in [2.75, 3.05) is 40.5 Å². The van der Waals surface area contributed by atoms with Crippen LogP contribution >= 0.6 is 0 Å². The number of pyridine rings is 1. The van der Waals surface area contributed by atoms with Gasteiger partial charge in [0.15, 0.2) is 5.96 Å². The van der Waals surface area contributed by atoms with E-state index in [1.54, 1.807) is 20.4 Å². The smallest absolute Gasteiger partial charge is 0.213 e. The van der Waals surface area contributed by atoms with Crippen LogP contribution in [0.2, 0.25) is 0 Å². The molecule has 1 aromatic rings. The maximum absolute atomic E-state index is 5.96. The van der Waals surface area contributed by atoms with Gasteiger partial charge < -0.3 is 24.8 Å². The predicted molar refractivity (Wildman–Crippen MR) is 103 cm³/mol. The average Bonchev–Trinajstić information content (AvgIpc) is 3.17. The summed E-state index contributed by atoms with van der Waals surface area (Å²) in [6.45, 7) is 3.46. The predicted octanol–water partition coefficient (Wildman–Crippen LogP) is 2.12. The molecule has 0 amide bonds. The molecule has 146 valence electrons. The first-order chi connectivity index (χ1) is 12.8. The van der Waals surface area contributed by atoms with Crippen molar-refractivity contribution < 1.29 is 14.2 Å². The Bertz CT molecular complexity index is 533. The zero-order valence-electron chi connectivity index (χ0n) is 16.0. The first-order valence-corrected chi connectivity index (χ1v) is 9.44. The van der Waals surface area contributed by atoms with Crippen molar-refractivity contribution in [2.45, 2.75) is 44.8 Å². The molecule has 0 radical (unpaired) electrons. The third-order valence-electron chi connectivity index (χ3n) is 4.26. The fourth-order valence-electron chi connectivity index (χ4n) is 2.83. The second-order valence-electron chi connectivity index (χ2n) is 6.34. The Morgan fingerprint density at radius 2 is 2.08 bits per heavy atom. The number of hydrogen-bond donors (Lipinski definition) is 2. The number of hydrogen-bond acceptors (Lipinski definition) is 5. The summed E-state index contributed by atoms with van der Waals surface area (Å²) in [5.74, 6) is 1.49. The molecule has 0 bridgehead atoms. The lowest BCUT2D eigenvalue weighted by atomic mass is 10.2. The summed E-state index contributed by atoms with van der Waals surface area (Å²) >= 11 is 0. The highest BCUT2D eigenvalue weighted by molar-refractivity contribution is 5.79. The molecule has 26 heavy (non-hydrogen) atoms. The topological polar surface area (TPSA) is 77.0 Å². The maximum Gasteiger partial charge on any atom is 0.213 e. The fraction of sp³-hybridized carbons (Fsp3) is 0.684. The highest BCUT2D eigenvalue weighted by Gasteiger charge is 2.17. The van der Waals surface area contributed by atoms with Crippen molar-refractivity contribution in [3.05, 3.63) is 23.9 Å². The molecule has 1 aliphatic carbocycles. The van der Waals surface area contributed by atoms with Crippen molar-refractivity contribution in [2.24, 2.45) is 4.99 Å². The van der Waals surface area contributed by atoms with Crippen molar-refractivity contribution >= 4 is 5.96 Å². The number of rotatable bonds is 11. The van der Waals surface area contributed by atoms with E-state index in [0.717, 1.165) is 37.3 Å². The standard InChI is InChI=1S/C19H32N4O3/c1-20-19(22-9-5-11-25-13-12-24-2)23-15-16-8-10-21-18(14-16)26-17-6-3-4-7-17/h8,10,14,17H,3-7,9,11-13,15H2,1-2H3,(H2,20,22,23). The lowest BCUT2D eigenvalue weighted by molar-refractivity contribution is 0.0698. The summed E-state index contributed by atoms with van der Waals surface area (Å²) in [6, 6.07) is 3.99. The largest absolute Gasteiger partial charge is 0.474 e. The summed E-state index contributed by atoms with van der Waals surface area (Å²) in [5, 5.41) is 6.60. The van der Waals surface area contributed by atoms with Gasteiger partial charge in [0.25, 0.3) is 0 Å². The van der Waals surface area contributed by atoms with Gasteiger partial charge in [0.05, 0.1) is 13.2 Å². The van der Waals surface area contributed by atoms with Crippen LogP contribution < -0.4 is 15.4 Å². The van der Waals surface area contributed by atoms with Gasteiger partial charge in [-0.15, -0.1) is 0 Å². The van der Waals surface area contributed by atoms with Crippen LogP contribution in [0.5, 0.6) is 5.88 Å². The van der Waals surface area contributed by atoms with Crippen LogP contribution in [-0.4, -0.2) is 57.6 Å². The van der Waals surface area contributed by atoms with Crippen molar-refractivity contribution in [1.29, 1.82) is 0 Å². The Labute approximate surface area is 156 Å². The number of aliphatic imine (C=N–C) groups is 1. The zero-order chi connectivity index (χ0) is 18.5. The van der Waals surface area contributed by atoms with Crippen LogP contribution in [-0.2, 0) is 16.0 Å². The summed E-state index contributed by atoms with van der Waals surface area (Å²) in [4.78, 5) is 8.57. The molecule has 0 spiro atoms. The number of methoxy groups -OCH3 is 1. The molecular formula is C19H32N4O3. The molecule has 0 atom stereocenters. The number of ether oxygens (including phenoxy) is 3. The van der Waals surface area contributed by atoms with E-state index in [4.69, 9.17) is 14.2 Å². The minimum Gasteiger partial charge on any atom is -0.474 e. The van der Waals surface area contributed by atoms with E-state index < -0.39 is 0 Å². The Balaban J connectivity index is 1.65. The van der Waals surface area contributed by atoms with Crippen LogP contribution in [0.15, 0.2) is 23.3 Å². The van der Waals surface area contributed by atoms with Gasteiger partial charge >= 0.3 is 0 Å². The van der Waals surface area contributed by atoms with Crippen molar-refractivity contribution in [3.63, 3.8) is 0 Å². The van der Waals surface area contributed by atoms with Gasteiger partial charge in [0, 0.05) is 46.1 Å². The second kappa shape index (κ2) is 12.5. The molecule has 0 saturated heterocycles. The zero-order valence-corrected chi connectivity index (χ0v) is 16.0. The van der Waals surface area contributed by atoms with E-state index in [2.05, 4.69) is 20.6 Å². The minimum atomic E-state index is 0.325. The van der Waals surface area contributed by atoms with Crippen LogP contribution in [0.3, 0.4) is 0 Å². The Kier molecular flexibility index (Phi) is 9.82. The molecule has 1 aromatic heterocycles. The van der Waals surface area contributed by atoms with Crippen LogP contribution in [0.4, 0.5) is 0 Å². The molecule has 1 aliphatic rings. The Hall–Kier alpha value is -1.86. The van der Waals surface area contributed by atoms with Crippen molar-refractivity contribution in [1.82, 2.24) is 15.6 Å². The normalized spacial score (nSPS) is 15.2. The third-order valence-corrected chi connectivity index (χ3v) is 4.26. The van der Waals surface area contributed by atoms with Crippen molar-refractivity contribution in [3.8, 4) is 5.88 Å². The average molecular weight is 364 g/mol. The van der Waals surface area contributed by atoms with E-state index in [1.165, 1.54) is 12.8 Å². The number of guanidine groups is 1. The Morgan fingerprint density at radius 3 is 2.85 bits per heavy atom. The van der Waals surface area contributed by atoms with Gasteiger partial charge in [0.2, 0.25) is 5.88 Å². The van der Waals surface area contributed by atoms with Crippen LogP contribution in [0, 0.1) is 0 Å². The van der Waals surface area contributed by atoms with Gasteiger partial charge in [-0.1, -0.05) is 0 Å². The quantitative estimate of drug-likeness (QED) is 0.356. The monoisotopic (exact) mass is 364 g/mol. The summed E-state index contributed by atoms with van der Waals surface area (Å²) in [5.41, 5.74) is 1.12. The van der Waals surface area contributed by atoms with Gasteiger partial charge in [-0.2, -0.15) is 0 Å². The van der Waals surface area contributed by atoms with Gasteiger partial charge in [-0.25, -0.2) is 4.98 Å². The molecule has 1 fully saturated rings. The SMILES string of the molecule is CN=C(NCCCOCCOC)NCc1ccnc(OC2CCCC2)c1. The lowest BCUT2D eigenvalue weighted by Gasteiger charge is -2.14. The lowest BCUT2D eigenvalue weighted by Crippen LogP contribution is -2.37. The van der Waals surface area contributed by atoms with Gasteiger partial charge in [0.1, 0.15) is 6.10 Å². The first kappa shape index (κ1) is 20.5. The summed E-state index contributed by atoms with van der Waals surface area (Å²) < 4.78 is 16.3. The van der Waals surface area contributed by atoms with Gasteiger partial charge in [-0.05, 0) is 43.7 Å². The van der Waals surface area contributed by atoms with E-state index in [1.807, 2.05) is 12.1 Å². The first-order valence-electron chi connectivity index (χ1n) is 9.44. The molecule has 1 saturated carbocycles. The van der Waals surface area contributed by atoms with Crippen LogP contribution in [0.1, 0.15) is 37.7 Å². The molecule has 0 unspecified atom stereocenters. The molecule has 0 aliphatic heterocycles. The van der Waals surface area contributed by atoms with Gasteiger partial charge in [-0.3, -0.25) is 4.99 Å². The van der Waals surface area contributed by atoms with E-state index >= 15 is 0 Å². The molecule has 0 aromatic carbocycles. The van der Waals surface area contributed by atoms with E-state index in [-0.39, 0.29) is 0 Å². The Morgan fingerprint density at radius 1 is 1.23 bits per heavy atom. The molecule has 7 nitrogen and oxygen atoms in total. The molecule has 2 rings (SSSR count). The number of nitrogens with zero attached hydrogens (tertiary/aromatic N) is 2. The maximum atomic E-state index is 5.96. The highest BCUT2D eigenvalue weighted by Crippen LogP contribution is 2.23. The third kappa shape index (κ3) is 8.01. The molecular weight excluding hydrogens is 332 g/mol. The highest BCUT2D eigenvalue weighted by atomic mass is 16.5. The van der Waals surface area contributed by atoms with E-state index in [9.17, 15) is 0 Å². The summed E-state index contributed by atoms with van der Waals surface area (Å²) in [6.07, 6.45) is 7.82. The fourth-order valence-corrected chi connectivity index (χ4v) is 2.83. The number of nitrogens with one attached hydrogen (secondary N) is 2. The minimum absolute atomic E-state index is 0.325. The van der Waals surface area contributed by atoms with E-state index in [0.29, 0.717) is 38.3 Å². The molecule has 2 N–H and O–H groups in total. The number of aromatic nitrogens is 1. The second-order valence-corrected chi connectivity index (χ2v) is 6.34.